The van der Waals surface area contributed by atoms with Crippen molar-refractivity contribution in [1.82, 2.24) is 34.3 Å². The molecule has 0 saturated carbocycles. The standard InChI is InChI=1S/C33H29N9O4S/c1-20(37-32(43)28-30(39-47(34,45)46)38-41-17-7-16-35-31(28)41)29-25-11-6-8-22-14-15-23(13-12-21-18-36-40(2)19-21)27(26(22)25)33(44)42(29)24-9-4-3-5-10-24/h3-5,7,9-10,14-20H,6,8,11H2,1-2H3,(H,37,43)(H,38,39)(H2,34,45,46). The van der Waals surface area contributed by atoms with Crippen LogP contribution in [0.5, 0.6) is 0 Å². The summed E-state index contributed by atoms with van der Waals surface area (Å²) >= 11 is 0. The van der Waals surface area contributed by atoms with Gasteiger partial charge in [0.1, 0.15) is 5.56 Å². The number of nitrogens with zero attached hydrogens (tertiary/aromatic N) is 6. The van der Waals surface area contributed by atoms with Crippen LogP contribution in [-0.2, 0) is 30.1 Å². The van der Waals surface area contributed by atoms with Crippen LogP contribution in [0, 0.1) is 11.8 Å². The predicted octanol–water partition coefficient (Wildman–Crippen LogP) is 2.76. The van der Waals surface area contributed by atoms with Crippen LogP contribution >= 0.6 is 0 Å². The number of hydrogen-bond acceptors (Lipinski definition) is 7. The summed E-state index contributed by atoms with van der Waals surface area (Å²) in [5, 5.41) is 18.0. The number of aryl methyl sites for hydroxylation is 3. The van der Waals surface area contributed by atoms with E-state index in [1.807, 2.05) is 55.7 Å². The number of fused-ring (bicyclic) bond motifs is 1. The normalized spacial score (nSPS) is 13.3. The summed E-state index contributed by atoms with van der Waals surface area (Å²) < 4.78 is 30.6. The maximum absolute atomic E-state index is 14.7. The molecule has 13 nitrogen and oxygen atoms in total. The highest BCUT2D eigenvalue weighted by Crippen LogP contribution is 2.36. The third-order valence-corrected chi connectivity index (χ3v) is 8.59. The van der Waals surface area contributed by atoms with Crippen molar-refractivity contribution < 1.29 is 13.2 Å². The lowest BCUT2D eigenvalue weighted by Gasteiger charge is -2.28. The van der Waals surface area contributed by atoms with Crippen LogP contribution in [0.3, 0.4) is 0 Å². The number of nitrogens with one attached hydrogen (secondary N) is 2. The molecule has 1 aliphatic carbocycles. The highest BCUT2D eigenvalue weighted by molar-refractivity contribution is 7.90. The van der Waals surface area contributed by atoms with Crippen molar-refractivity contribution >= 4 is 38.4 Å². The molecule has 0 aliphatic heterocycles. The van der Waals surface area contributed by atoms with E-state index >= 15 is 0 Å². The topological polar surface area (TPSA) is 171 Å². The molecule has 1 atom stereocenters. The Balaban J connectivity index is 1.42. The summed E-state index contributed by atoms with van der Waals surface area (Å²) in [4.78, 5) is 32.9. The van der Waals surface area contributed by atoms with E-state index in [1.54, 1.807) is 28.4 Å². The first kappa shape index (κ1) is 29.9. The number of para-hydroxylation sites is 1. The number of carbonyl (C=O) groups is 1. The Morgan fingerprint density at radius 2 is 1.87 bits per heavy atom. The van der Waals surface area contributed by atoms with Gasteiger partial charge < -0.3 is 5.32 Å². The van der Waals surface area contributed by atoms with Crippen LogP contribution < -0.4 is 20.7 Å². The van der Waals surface area contributed by atoms with E-state index in [-0.39, 0.29) is 22.6 Å². The molecule has 0 radical (unpaired) electrons. The molecular weight excluding hydrogens is 618 g/mol. The van der Waals surface area contributed by atoms with Gasteiger partial charge in [0, 0.05) is 36.9 Å². The van der Waals surface area contributed by atoms with Crippen molar-refractivity contribution in [3.8, 4) is 17.5 Å². The van der Waals surface area contributed by atoms with Crippen molar-refractivity contribution in [2.45, 2.75) is 32.2 Å². The first-order chi connectivity index (χ1) is 22.6. The molecule has 0 saturated heterocycles. The molecule has 7 rings (SSSR count). The van der Waals surface area contributed by atoms with Crippen molar-refractivity contribution in [3.05, 3.63) is 117 Å². The molecule has 0 fully saturated rings. The zero-order valence-corrected chi connectivity index (χ0v) is 26.2. The van der Waals surface area contributed by atoms with Gasteiger partial charge in [-0.2, -0.15) is 13.5 Å². The van der Waals surface area contributed by atoms with E-state index in [9.17, 15) is 18.0 Å². The Morgan fingerprint density at radius 3 is 2.62 bits per heavy atom. The van der Waals surface area contributed by atoms with Gasteiger partial charge in [-0.15, -0.1) is 5.10 Å². The first-order valence-corrected chi connectivity index (χ1v) is 16.4. The average molecular weight is 648 g/mol. The van der Waals surface area contributed by atoms with E-state index in [1.165, 1.54) is 16.9 Å². The molecule has 6 aromatic rings. The van der Waals surface area contributed by atoms with Gasteiger partial charge >= 0.3 is 0 Å². The van der Waals surface area contributed by atoms with Crippen molar-refractivity contribution in [1.29, 1.82) is 0 Å². The fourth-order valence-electron chi connectivity index (χ4n) is 6.27. The zero-order chi connectivity index (χ0) is 32.9. The summed E-state index contributed by atoms with van der Waals surface area (Å²) in [5.41, 5.74) is 4.30. The highest BCUT2D eigenvalue weighted by Gasteiger charge is 2.30. The first-order valence-electron chi connectivity index (χ1n) is 14.8. The van der Waals surface area contributed by atoms with Gasteiger partial charge in [-0.1, -0.05) is 36.1 Å². The molecule has 2 aromatic carbocycles. The minimum absolute atomic E-state index is 0.108. The van der Waals surface area contributed by atoms with Crippen molar-refractivity contribution in [2.24, 2.45) is 12.2 Å². The van der Waals surface area contributed by atoms with Crippen LogP contribution in [0.2, 0.25) is 0 Å². The Morgan fingerprint density at radius 1 is 1.06 bits per heavy atom. The fraction of sp³-hybridized carbons (Fsp3) is 0.182. The molecule has 47 heavy (non-hydrogen) atoms. The monoisotopic (exact) mass is 647 g/mol. The zero-order valence-electron chi connectivity index (χ0n) is 25.4. The lowest BCUT2D eigenvalue weighted by Crippen LogP contribution is -2.35. The van der Waals surface area contributed by atoms with E-state index in [0.717, 1.165) is 34.9 Å². The Labute approximate surface area is 269 Å². The summed E-state index contributed by atoms with van der Waals surface area (Å²) in [6.45, 7) is 1.79. The van der Waals surface area contributed by atoms with E-state index < -0.39 is 22.2 Å². The second kappa shape index (κ2) is 11.5. The summed E-state index contributed by atoms with van der Waals surface area (Å²) in [5.74, 6) is 5.43. The predicted molar refractivity (Wildman–Crippen MR) is 176 cm³/mol. The van der Waals surface area contributed by atoms with Crippen molar-refractivity contribution in [3.63, 3.8) is 0 Å². The quantitative estimate of drug-likeness (QED) is 0.233. The number of carbonyl (C=O) groups excluding carboxylic acids is 1. The van der Waals surface area contributed by atoms with Gasteiger partial charge in [0.05, 0.1) is 28.9 Å². The maximum Gasteiger partial charge on any atom is 0.297 e. The van der Waals surface area contributed by atoms with Crippen LogP contribution in [0.4, 0.5) is 5.82 Å². The molecule has 0 bridgehead atoms. The molecule has 236 valence electrons. The second-order valence-corrected chi connectivity index (χ2v) is 12.6. The lowest BCUT2D eigenvalue weighted by atomic mass is 9.85. The highest BCUT2D eigenvalue weighted by atomic mass is 32.2. The average Bonchev–Trinajstić information content (AvgIpc) is 3.63. The van der Waals surface area contributed by atoms with Gasteiger partial charge in [0.2, 0.25) is 0 Å². The number of pyridine rings is 1. The summed E-state index contributed by atoms with van der Waals surface area (Å²) in [7, 11) is -2.45. The van der Waals surface area contributed by atoms with E-state index in [4.69, 9.17) is 5.14 Å². The van der Waals surface area contributed by atoms with Crippen LogP contribution in [0.25, 0.3) is 22.1 Å². The summed E-state index contributed by atoms with van der Waals surface area (Å²) in [6, 6.07) is 14.0. The summed E-state index contributed by atoms with van der Waals surface area (Å²) in [6.07, 6.45) is 8.80. The Bertz CT molecular complexity index is 2450. The van der Waals surface area contributed by atoms with Gasteiger partial charge in [-0.3, -0.25) is 23.6 Å². The number of nitrogens with two attached hydrogens (primary N) is 1. The van der Waals surface area contributed by atoms with Gasteiger partial charge in [0.15, 0.2) is 11.5 Å². The molecule has 1 amide bonds. The second-order valence-electron chi connectivity index (χ2n) is 11.3. The smallest absolute Gasteiger partial charge is 0.297 e. The number of benzene rings is 2. The molecule has 1 unspecified atom stereocenters. The molecular formula is C33H29N9O4S. The SMILES string of the molecule is CC(NC(=O)c1c(NS(N)(=O)=O)nn2cccnc12)c1c2c3c(ccc(C#Cc4cnn(C)c4)c3c(=O)n1-c1ccccc1)CCC2. The maximum atomic E-state index is 14.7. The molecule has 14 heteroatoms. The van der Waals surface area contributed by atoms with E-state index in [0.29, 0.717) is 28.8 Å². The number of amides is 1. The molecule has 0 spiro atoms. The fourth-order valence-corrected chi connectivity index (χ4v) is 6.68. The van der Waals surface area contributed by atoms with Gasteiger partial charge in [-0.05, 0) is 67.0 Å². The third-order valence-electron chi connectivity index (χ3n) is 8.11. The van der Waals surface area contributed by atoms with Crippen molar-refractivity contribution in [2.75, 3.05) is 4.72 Å². The Kier molecular flexibility index (Phi) is 7.34. The molecule has 4 N–H and O–H groups in total. The number of rotatable bonds is 6. The minimum Gasteiger partial charge on any atom is -0.344 e. The van der Waals surface area contributed by atoms with Gasteiger partial charge in [-0.25, -0.2) is 14.6 Å². The number of aromatic nitrogens is 6. The van der Waals surface area contributed by atoms with E-state index in [2.05, 4.69) is 37.1 Å². The third kappa shape index (κ3) is 5.51. The largest absolute Gasteiger partial charge is 0.344 e. The minimum atomic E-state index is -4.26. The lowest BCUT2D eigenvalue weighted by molar-refractivity contribution is 0.0941. The van der Waals surface area contributed by atoms with Crippen LogP contribution in [0.15, 0.2) is 78.1 Å². The van der Waals surface area contributed by atoms with Gasteiger partial charge in [0.25, 0.3) is 21.7 Å². The molecule has 4 heterocycles. The molecule has 4 aromatic heterocycles. The molecule has 1 aliphatic rings. The van der Waals surface area contributed by atoms with Crippen LogP contribution in [-0.4, -0.2) is 43.3 Å². The number of anilines is 1. The number of hydrogen-bond donors (Lipinski definition) is 3. The van der Waals surface area contributed by atoms with Crippen LogP contribution in [0.1, 0.15) is 57.7 Å². The Hall–Kier alpha value is -5.78.